The Morgan fingerprint density at radius 1 is 1.33 bits per heavy atom. The van der Waals surface area contributed by atoms with E-state index in [4.69, 9.17) is 5.26 Å². The first kappa shape index (κ1) is 9.54. The maximum absolute atomic E-state index is 8.72. The molecule has 1 fully saturated rings. The van der Waals surface area contributed by atoms with Crippen molar-refractivity contribution < 1.29 is 0 Å². The third-order valence-electron chi connectivity index (χ3n) is 2.78. The summed E-state index contributed by atoms with van der Waals surface area (Å²) in [5.41, 5.74) is 0.168. The van der Waals surface area contributed by atoms with E-state index in [-0.39, 0.29) is 5.54 Å². The molecule has 0 saturated heterocycles. The summed E-state index contributed by atoms with van der Waals surface area (Å²) in [6.45, 7) is 3.11. The predicted molar refractivity (Wildman–Crippen MR) is 49.7 cm³/mol. The van der Waals surface area contributed by atoms with Gasteiger partial charge in [0, 0.05) is 5.54 Å². The normalized spacial score (nSPS) is 21.7. The van der Waals surface area contributed by atoms with Crippen LogP contribution in [0.1, 0.15) is 45.4 Å². The molecule has 2 heteroatoms. The average molecular weight is 166 g/mol. The standard InChI is InChI=1S/C10H18N2/c1-2-12-10(8-9-11)6-4-3-5-7-10/h12H,2-8H2,1H3. The van der Waals surface area contributed by atoms with Crippen molar-refractivity contribution in [2.24, 2.45) is 0 Å². The van der Waals surface area contributed by atoms with Gasteiger partial charge in [0.25, 0.3) is 0 Å². The van der Waals surface area contributed by atoms with Gasteiger partial charge in [-0.1, -0.05) is 26.2 Å². The van der Waals surface area contributed by atoms with E-state index in [0.29, 0.717) is 6.42 Å². The molecule has 0 heterocycles. The maximum Gasteiger partial charge on any atom is 0.0641 e. The fourth-order valence-electron chi connectivity index (χ4n) is 2.17. The van der Waals surface area contributed by atoms with E-state index < -0.39 is 0 Å². The monoisotopic (exact) mass is 166 g/mol. The van der Waals surface area contributed by atoms with Crippen molar-refractivity contribution in [3.63, 3.8) is 0 Å². The minimum absolute atomic E-state index is 0.168. The second kappa shape index (κ2) is 4.47. The van der Waals surface area contributed by atoms with Crippen LogP contribution >= 0.6 is 0 Å². The Hall–Kier alpha value is -0.550. The first-order valence-corrected chi connectivity index (χ1v) is 4.95. The van der Waals surface area contributed by atoms with Crippen LogP contribution in [0.5, 0.6) is 0 Å². The summed E-state index contributed by atoms with van der Waals surface area (Å²) < 4.78 is 0. The summed E-state index contributed by atoms with van der Waals surface area (Å²) in [6, 6.07) is 2.30. The van der Waals surface area contributed by atoms with Crippen LogP contribution in [-0.2, 0) is 0 Å². The van der Waals surface area contributed by atoms with Crippen LogP contribution in [0, 0.1) is 11.3 Å². The smallest absolute Gasteiger partial charge is 0.0641 e. The number of nitrogens with one attached hydrogen (secondary N) is 1. The third-order valence-corrected chi connectivity index (χ3v) is 2.78. The zero-order valence-corrected chi connectivity index (χ0v) is 7.90. The van der Waals surface area contributed by atoms with Crippen LogP contribution < -0.4 is 5.32 Å². The Morgan fingerprint density at radius 2 is 2.00 bits per heavy atom. The van der Waals surface area contributed by atoms with E-state index in [1.165, 1.54) is 32.1 Å². The molecule has 0 aliphatic heterocycles. The quantitative estimate of drug-likeness (QED) is 0.697. The van der Waals surface area contributed by atoms with Gasteiger partial charge in [0.1, 0.15) is 0 Å². The van der Waals surface area contributed by atoms with Gasteiger partial charge >= 0.3 is 0 Å². The first-order valence-electron chi connectivity index (χ1n) is 4.95. The second-order valence-corrected chi connectivity index (χ2v) is 3.71. The zero-order valence-electron chi connectivity index (χ0n) is 7.90. The Bertz CT molecular complexity index is 158. The van der Waals surface area contributed by atoms with Gasteiger partial charge in [-0.05, 0) is 19.4 Å². The Kier molecular flexibility index (Phi) is 3.55. The van der Waals surface area contributed by atoms with E-state index in [1.807, 2.05) is 0 Å². The van der Waals surface area contributed by atoms with Crippen LogP contribution in [0.2, 0.25) is 0 Å². The molecule has 0 aromatic heterocycles. The number of hydrogen-bond donors (Lipinski definition) is 1. The minimum Gasteiger partial charge on any atom is -0.310 e. The molecule has 0 radical (unpaired) electrons. The highest BCUT2D eigenvalue weighted by Crippen LogP contribution is 2.30. The van der Waals surface area contributed by atoms with E-state index in [2.05, 4.69) is 18.3 Å². The van der Waals surface area contributed by atoms with E-state index >= 15 is 0 Å². The molecule has 0 atom stereocenters. The molecular formula is C10H18N2. The maximum atomic E-state index is 8.72. The van der Waals surface area contributed by atoms with E-state index in [9.17, 15) is 0 Å². The van der Waals surface area contributed by atoms with Crippen LogP contribution in [0.15, 0.2) is 0 Å². The Labute approximate surface area is 75.0 Å². The number of nitriles is 1. The molecule has 1 aliphatic rings. The fraction of sp³-hybridized carbons (Fsp3) is 0.900. The minimum atomic E-state index is 0.168. The van der Waals surface area contributed by atoms with Crippen molar-refractivity contribution in [3.05, 3.63) is 0 Å². The summed E-state index contributed by atoms with van der Waals surface area (Å²) in [7, 11) is 0. The number of rotatable bonds is 3. The molecule has 2 nitrogen and oxygen atoms in total. The molecule has 68 valence electrons. The summed E-state index contributed by atoms with van der Waals surface area (Å²) in [5, 5.41) is 12.2. The number of hydrogen-bond acceptors (Lipinski definition) is 2. The molecule has 1 rings (SSSR count). The van der Waals surface area contributed by atoms with Gasteiger partial charge in [-0.2, -0.15) is 5.26 Å². The lowest BCUT2D eigenvalue weighted by Gasteiger charge is -2.36. The van der Waals surface area contributed by atoms with Crippen molar-refractivity contribution >= 4 is 0 Å². The zero-order chi connectivity index (χ0) is 8.86. The van der Waals surface area contributed by atoms with Crippen molar-refractivity contribution in [2.45, 2.75) is 51.0 Å². The third kappa shape index (κ3) is 2.22. The van der Waals surface area contributed by atoms with Crippen LogP contribution in [0.25, 0.3) is 0 Å². The van der Waals surface area contributed by atoms with Gasteiger partial charge in [-0.25, -0.2) is 0 Å². The molecule has 0 unspecified atom stereocenters. The summed E-state index contributed by atoms with van der Waals surface area (Å²) >= 11 is 0. The van der Waals surface area contributed by atoms with Gasteiger partial charge < -0.3 is 5.32 Å². The molecule has 0 aromatic rings. The average Bonchev–Trinajstić information content (AvgIpc) is 2.07. The fourth-order valence-corrected chi connectivity index (χ4v) is 2.17. The molecule has 1 aliphatic carbocycles. The highest BCUT2D eigenvalue weighted by atomic mass is 15.0. The lowest BCUT2D eigenvalue weighted by Crippen LogP contribution is -2.46. The molecule has 0 bridgehead atoms. The Morgan fingerprint density at radius 3 is 2.50 bits per heavy atom. The number of nitrogens with zero attached hydrogens (tertiary/aromatic N) is 1. The summed E-state index contributed by atoms with van der Waals surface area (Å²) in [5.74, 6) is 0. The van der Waals surface area contributed by atoms with Gasteiger partial charge in [-0.3, -0.25) is 0 Å². The lowest BCUT2D eigenvalue weighted by atomic mass is 9.79. The van der Waals surface area contributed by atoms with Gasteiger partial charge in [0.2, 0.25) is 0 Å². The van der Waals surface area contributed by atoms with E-state index in [1.54, 1.807) is 0 Å². The van der Waals surface area contributed by atoms with Crippen molar-refractivity contribution in [2.75, 3.05) is 6.54 Å². The molecule has 0 spiro atoms. The van der Waals surface area contributed by atoms with Crippen LogP contribution in [0.3, 0.4) is 0 Å². The Balaban J connectivity index is 2.51. The van der Waals surface area contributed by atoms with Crippen molar-refractivity contribution in [3.8, 4) is 6.07 Å². The summed E-state index contributed by atoms with van der Waals surface area (Å²) in [6.07, 6.45) is 6.98. The summed E-state index contributed by atoms with van der Waals surface area (Å²) in [4.78, 5) is 0. The lowest BCUT2D eigenvalue weighted by molar-refractivity contribution is 0.240. The van der Waals surface area contributed by atoms with Crippen LogP contribution in [-0.4, -0.2) is 12.1 Å². The molecule has 12 heavy (non-hydrogen) atoms. The van der Waals surface area contributed by atoms with Gasteiger partial charge in [0.15, 0.2) is 0 Å². The molecule has 0 aromatic carbocycles. The molecule has 1 N–H and O–H groups in total. The van der Waals surface area contributed by atoms with Gasteiger partial charge in [0.05, 0.1) is 12.5 Å². The highest BCUT2D eigenvalue weighted by molar-refractivity contribution is 4.97. The van der Waals surface area contributed by atoms with Crippen molar-refractivity contribution in [1.82, 2.24) is 5.32 Å². The topological polar surface area (TPSA) is 35.8 Å². The second-order valence-electron chi connectivity index (χ2n) is 3.71. The van der Waals surface area contributed by atoms with Gasteiger partial charge in [-0.15, -0.1) is 0 Å². The van der Waals surface area contributed by atoms with Crippen LogP contribution in [0.4, 0.5) is 0 Å². The molecular weight excluding hydrogens is 148 g/mol. The van der Waals surface area contributed by atoms with Crippen molar-refractivity contribution in [1.29, 1.82) is 5.26 Å². The highest BCUT2D eigenvalue weighted by Gasteiger charge is 2.30. The molecule has 0 amide bonds. The largest absolute Gasteiger partial charge is 0.310 e. The van der Waals surface area contributed by atoms with E-state index in [0.717, 1.165) is 6.54 Å². The predicted octanol–water partition coefficient (Wildman–Crippen LogP) is 2.21. The molecule has 1 saturated carbocycles. The first-order chi connectivity index (χ1) is 5.83. The SMILES string of the molecule is CCNC1(CC#N)CCCCC1.